The lowest BCUT2D eigenvalue weighted by molar-refractivity contribution is 0.0998. The summed E-state index contributed by atoms with van der Waals surface area (Å²) in [6.07, 6.45) is 2.33. The summed E-state index contributed by atoms with van der Waals surface area (Å²) in [6.45, 7) is 1.91. The molecule has 1 fully saturated rings. The SMILES string of the molecule is Cc1c(C(=O)Nc2nnc(C3CC3)s2)oc2c1ccc1ccccc12. The molecule has 6 heteroatoms. The van der Waals surface area contributed by atoms with Crippen molar-refractivity contribution in [2.75, 3.05) is 5.32 Å². The first-order valence-corrected chi connectivity index (χ1v) is 9.08. The van der Waals surface area contributed by atoms with Crippen LogP contribution in [0.3, 0.4) is 0 Å². The monoisotopic (exact) mass is 349 g/mol. The predicted octanol–water partition coefficient (Wildman–Crippen LogP) is 4.88. The van der Waals surface area contributed by atoms with Crippen LogP contribution in [0, 0.1) is 6.92 Å². The third kappa shape index (κ3) is 2.41. The molecule has 0 spiro atoms. The number of carbonyl (C=O) groups excluding carboxylic acids is 1. The first-order chi connectivity index (χ1) is 12.2. The van der Waals surface area contributed by atoms with Crippen molar-refractivity contribution in [1.82, 2.24) is 10.2 Å². The number of amides is 1. The van der Waals surface area contributed by atoms with Crippen molar-refractivity contribution in [2.45, 2.75) is 25.7 Å². The highest BCUT2D eigenvalue weighted by Crippen LogP contribution is 2.42. The first kappa shape index (κ1) is 14.6. The van der Waals surface area contributed by atoms with E-state index in [0.29, 0.717) is 16.8 Å². The zero-order valence-electron chi connectivity index (χ0n) is 13.6. The fourth-order valence-corrected chi connectivity index (χ4v) is 4.01. The molecule has 0 aliphatic heterocycles. The lowest BCUT2D eigenvalue weighted by Gasteiger charge is -1.98. The molecule has 2 heterocycles. The Morgan fingerprint density at radius 2 is 2.00 bits per heavy atom. The molecule has 25 heavy (non-hydrogen) atoms. The minimum Gasteiger partial charge on any atom is -0.450 e. The molecule has 0 saturated heterocycles. The van der Waals surface area contributed by atoms with Gasteiger partial charge in [0.25, 0.3) is 5.91 Å². The highest BCUT2D eigenvalue weighted by atomic mass is 32.1. The predicted molar refractivity (Wildman–Crippen MR) is 98.3 cm³/mol. The van der Waals surface area contributed by atoms with Gasteiger partial charge in [-0.05, 0) is 25.2 Å². The van der Waals surface area contributed by atoms with Crippen molar-refractivity contribution in [3.05, 3.63) is 52.7 Å². The summed E-state index contributed by atoms with van der Waals surface area (Å²) in [4.78, 5) is 12.7. The number of anilines is 1. The van der Waals surface area contributed by atoms with Crippen LogP contribution < -0.4 is 5.32 Å². The van der Waals surface area contributed by atoms with Crippen LogP contribution in [0.5, 0.6) is 0 Å². The molecule has 0 radical (unpaired) electrons. The molecule has 1 aliphatic rings. The molecular weight excluding hydrogens is 334 g/mol. The van der Waals surface area contributed by atoms with Gasteiger partial charge in [-0.15, -0.1) is 10.2 Å². The molecule has 2 aromatic heterocycles. The highest BCUT2D eigenvalue weighted by Gasteiger charge is 2.28. The van der Waals surface area contributed by atoms with E-state index in [2.05, 4.69) is 21.6 Å². The van der Waals surface area contributed by atoms with Crippen LogP contribution >= 0.6 is 11.3 Å². The van der Waals surface area contributed by atoms with Gasteiger partial charge in [-0.3, -0.25) is 10.1 Å². The quantitative estimate of drug-likeness (QED) is 0.572. The van der Waals surface area contributed by atoms with Crippen molar-refractivity contribution < 1.29 is 9.21 Å². The van der Waals surface area contributed by atoms with E-state index < -0.39 is 0 Å². The summed E-state index contributed by atoms with van der Waals surface area (Å²) in [5, 5.41) is 15.6. The van der Waals surface area contributed by atoms with E-state index in [1.54, 1.807) is 0 Å². The normalized spacial score (nSPS) is 14.3. The molecule has 2 aromatic carbocycles. The zero-order valence-corrected chi connectivity index (χ0v) is 14.4. The van der Waals surface area contributed by atoms with Gasteiger partial charge in [0.1, 0.15) is 10.6 Å². The van der Waals surface area contributed by atoms with Crippen LogP contribution in [0.25, 0.3) is 21.7 Å². The average Bonchev–Trinajstić information content (AvgIpc) is 3.28. The number of carbonyl (C=O) groups is 1. The lowest BCUT2D eigenvalue weighted by atomic mass is 10.1. The van der Waals surface area contributed by atoms with Gasteiger partial charge in [0.05, 0.1) is 0 Å². The van der Waals surface area contributed by atoms with E-state index in [0.717, 1.165) is 32.3 Å². The van der Waals surface area contributed by atoms with Crippen LogP contribution in [-0.4, -0.2) is 16.1 Å². The summed E-state index contributed by atoms with van der Waals surface area (Å²) in [5.41, 5.74) is 1.59. The maximum Gasteiger partial charge on any atom is 0.293 e. The van der Waals surface area contributed by atoms with Gasteiger partial charge in [-0.1, -0.05) is 47.7 Å². The van der Waals surface area contributed by atoms with Crippen molar-refractivity contribution in [2.24, 2.45) is 0 Å². The van der Waals surface area contributed by atoms with Gasteiger partial charge in [-0.2, -0.15) is 0 Å². The molecule has 5 rings (SSSR count). The van der Waals surface area contributed by atoms with E-state index in [-0.39, 0.29) is 5.91 Å². The minimum atomic E-state index is -0.281. The smallest absolute Gasteiger partial charge is 0.293 e. The number of rotatable bonds is 3. The lowest BCUT2D eigenvalue weighted by Crippen LogP contribution is -2.11. The van der Waals surface area contributed by atoms with Gasteiger partial charge < -0.3 is 4.42 Å². The van der Waals surface area contributed by atoms with Crippen LogP contribution in [0.4, 0.5) is 5.13 Å². The third-order valence-corrected chi connectivity index (χ3v) is 5.62. The number of nitrogens with zero attached hydrogens (tertiary/aromatic N) is 2. The summed E-state index contributed by atoms with van der Waals surface area (Å²) < 4.78 is 5.96. The fraction of sp³-hybridized carbons (Fsp3) is 0.211. The maximum absolute atomic E-state index is 12.7. The Morgan fingerprint density at radius 1 is 1.16 bits per heavy atom. The Hall–Kier alpha value is -2.73. The summed E-state index contributed by atoms with van der Waals surface area (Å²) in [5.74, 6) is 0.577. The Kier molecular flexibility index (Phi) is 3.15. The minimum absolute atomic E-state index is 0.281. The van der Waals surface area contributed by atoms with Gasteiger partial charge >= 0.3 is 0 Å². The Labute approximate surface area is 147 Å². The molecular formula is C19H15N3O2S. The second kappa shape index (κ2) is 5.39. The molecule has 0 atom stereocenters. The van der Waals surface area contributed by atoms with Gasteiger partial charge in [0.15, 0.2) is 5.76 Å². The number of benzene rings is 2. The van der Waals surface area contributed by atoms with Crippen LogP contribution in [0.2, 0.25) is 0 Å². The number of hydrogen-bond acceptors (Lipinski definition) is 5. The molecule has 1 aliphatic carbocycles. The van der Waals surface area contributed by atoms with Crippen molar-refractivity contribution in [3.8, 4) is 0 Å². The Morgan fingerprint density at radius 3 is 2.84 bits per heavy atom. The molecule has 1 saturated carbocycles. The number of nitrogens with one attached hydrogen (secondary N) is 1. The summed E-state index contributed by atoms with van der Waals surface area (Å²) in [6, 6.07) is 12.1. The topological polar surface area (TPSA) is 68.0 Å². The van der Waals surface area contributed by atoms with E-state index in [9.17, 15) is 4.79 Å². The van der Waals surface area contributed by atoms with Gasteiger partial charge in [0, 0.05) is 22.3 Å². The summed E-state index contributed by atoms with van der Waals surface area (Å²) in [7, 11) is 0. The second-order valence-corrected chi connectivity index (χ2v) is 7.40. The fourth-order valence-electron chi connectivity index (χ4n) is 3.10. The molecule has 4 aromatic rings. The van der Waals surface area contributed by atoms with Crippen molar-refractivity contribution >= 4 is 44.1 Å². The number of fused-ring (bicyclic) bond motifs is 3. The molecule has 124 valence electrons. The molecule has 0 bridgehead atoms. The second-order valence-electron chi connectivity index (χ2n) is 6.39. The van der Waals surface area contributed by atoms with E-state index in [1.807, 2.05) is 37.3 Å². The molecule has 0 unspecified atom stereocenters. The Balaban J connectivity index is 1.53. The summed E-state index contributed by atoms with van der Waals surface area (Å²) >= 11 is 1.45. The number of aromatic nitrogens is 2. The van der Waals surface area contributed by atoms with E-state index >= 15 is 0 Å². The standard InChI is InChI=1S/C19H15N3O2S/c1-10-13-9-8-11-4-2-3-5-14(11)16(13)24-15(10)17(23)20-19-22-21-18(25-19)12-6-7-12/h2-5,8-9,12H,6-7H2,1H3,(H,20,22,23). The molecule has 1 N–H and O–H groups in total. The third-order valence-electron chi connectivity index (χ3n) is 4.62. The molecule has 5 nitrogen and oxygen atoms in total. The average molecular weight is 349 g/mol. The van der Waals surface area contributed by atoms with Gasteiger partial charge in [-0.25, -0.2) is 0 Å². The van der Waals surface area contributed by atoms with Crippen LogP contribution in [0.1, 0.15) is 39.9 Å². The zero-order chi connectivity index (χ0) is 17.0. The largest absolute Gasteiger partial charge is 0.450 e. The Bertz CT molecular complexity index is 1120. The number of furan rings is 1. The van der Waals surface area contributed by atoms with E-state index in [4.69, 9.17) is 4.42 Å². The maximum atomic E-state index is 12.7. The molecule has 1 amide bonds. The van der Waals surface area contributed by atoms with Crippen LogP contribution in [-0.2, 0) is 0 Å². The van der Waals surface area contributed by atoms with Crippen molar-refractivity contribution in [1.29, 1.82) is 0 Å². The van der Waals surface area contributed by atoms with E-state index in [1.165, 1.54) is 24.2 Å². The highest BCUT2D eigenvalue weighted by molar-refractivity contribution is 7.15. The number of aryl methyl sites for hydroxylation is 1. The first-order valence-electron chi connectivity index (χ1n) is 8.26. The van der Waals surface area contributed by atoms with Crippen molar-refractivity contribution in [3.63, 3.8) is 0 Å². The number of hydrogen-bond donors (Lipinski definition) is 1. The van der Waals surface area contributed by atoms with Crippen LogP contribution in [0.15, 0.2) is 40.8 Å². The van der Waals surface area contributed by atoms with Gasteiger partial charge in [0.2, 0.25) is 5.13 Å².